The van der Waals surface area contributed by atoms with Gasteiger partial charge in [-0.05, 0) is 31.9 Å². The van der Waals surface area contributed by atoms with Gasteiger partial charge in [-0.15, -0.1) is 10.2 Å². The number of nitrogens with zero attached hydrogens (tertiary/aromatic N) is 1. The Labute approximate surface area is 128 Å². The molecule has 1 rings (SSSR count). The van der Waals surface area contributed by atoms with Crippen LogP contribution in [0.4, 0.5) is 0 Å². The molecule has 0 spiro atoms. The average molecular weight is 321 g/mol. The van der Waals surface area contributed by atoms with Gasteiger partial charge >= 0.3 is 0 Å². The highest BCUT2D eigenvalue weighted by Gasteiger charge is 2.10. The van der Waals surface area contributed by atoms with Crippen molar-refractivity contribution in [3.05, 3.63) is 29.1 Å². The number of hydrogen-bond donors (Lipinski definition) is 1. The largest absolute Gasteiger partial charge is 0.330 e. The molecule has 0 aliphatic carbocycles. The van der Waals surface area contributed by atoms with Crippen LogP contribution in [-0.4, -0.2) is 6.54 Å². The maximum absolute atomic E-state index is 8.49. The second-order valence-electron chi connectivity index (χ2n) is 5.05. The van der Waals surface area contributed by atoms with Crippen molar-refractivity contribution in [2.24, 2.45) is 5.73 Å². The van der Waals surface area contributed by atoms with Crippen LogP contribution in [0.2, 0.25) is 0 Å². The second kappa shape index (κ2) is 10.0. The zero-order valence-corrected chi connectivity index (χ0v) is 13.7. The molecule has 0 aliphatic rings. The van der Waals surface area contributed by atoms with Gasteiger partial charge in [-0.1, -0.05) is 6.42 Å². The first-order valence-corrected chi connectivity index (χ1v) is 8.18. The highest BCUT2D eigenvalue weighted by Crippen LogP contribution is 2.04. The number of nitrogens with two attached hydrogens (primary N) is 1. The monoisotopic (exact) mass is 320 g/mol. The van der Waals surface area contributed by atoms with Crippen LogP contribution in [0.15, 0.2) is 12.1 Å². The molecule has 0 amide bonds. The number of pyridine rings is 1. The lowest BCUT2D eigenvalue weighted by atomic mass is 10.1. The minimum absolute atomic E-state index is 0.829. The van der Waals surface area contributed by atoms with Crippen molar-refractivity contribution in [2.75, 3.05) is 6.54 Å². The molecule has 21 heavy (non-hydrogen) atoms. The first kappa shape index (κ1) is 20.2. The fraction of sp³-hybridized carbons (Fsp3) is 0.643. The molecule has 0 saturated carbocycles. The number of hydrogen-bond acceptors (Lipinski definition) is 5. The molecule has 0 atom stereocenters. The van der Waals surface area contributed by atoms with E-state index in [1.807, 2.05) is 0 Å². The molecule has 122 valence electrons. The Hall–Kier alpha value is -0.760. The van der Waals surface area contributed by atoms with Crippen molar-refractivity contribution in [3.8, 4) is 0 Å². The van der Waals surface area contributed by atoms with Gasteiger partial charge in [-0.3, -0.25) is 0 Å². The minimum Gasteiger partial charge on any atom is -0.330 e. The molecule has 0 aliphatic heterocycles. The van der Waals surface area contributed by atoms with Crippen molar-refractivity contribution in [1.29, 1.82) is 0 Å². The smallest absolute Gasteiger partial charge is 0.178 e. The molecule has 1 aromatic rings. The Morgan fingerprint density at radius 2 is 1.33 bits per heavy atom. The zero-order valence-electron chi connectivity index (χ0n) is 12.9. The lowest BCUT2D eigenvalue weighted by Gasteiger charge is -2.17. The summed E-state index contributed by atoms with van der Waals surface area (Å²) in [7, 11) is -4.94. The van der Waals surface area contributed by atoms with Gasteiger partial charge in [-0.25, -0.2) is 23.2 Å². The van der Waals surface area contributed by atoms with Crippen LogP contribution in [-0.2, 0) is 6.54 Å². The summed E-state index contributed by atoms with van der Waals surface area (Å²) in [5.41, 5.74) is 9.58. The average Bonchev–Trinajstić information content (AvgIpc) is 2.29. The molecule has 6 nitrogen and oxygen atoms in total. The standard InChI is InChI=1S/C14H25N2.ClHO4/c1-12-10-13(2)16(14(3)11-12)9-7-5-4-6-8-15;2-1(3,4)5/h10-11H,4-9,15H2,1-3H3;(H,2,3,4,5)/q+1;/p-1. The molecule has 0 aromatic carbocycles. The predicted molar refractivity (Wildman–Crippen MR) is 68.4 cm³/mol. The molecular weight excluding hydrogens is 296 g/mol. The van der Waals surface area contributed by atoms with E-state index < -0.39 is 10.2 Å². The molecular formula is C14H25ClN2O4. The fourth-order valence-corrected chi connectivity index (χ4v) is 2.26. The maximum atomic E-state index is 8.49. The van der Waals surface area contributed by atoms with E-state index in [1.54, 1.807) is 0 Å². The number of aryl methyl sites for hydroxylation is 3. The summed E-state index contributed by atoms with van der Waals surface area (Å²) >= 11 is 0. The molecule has 0 saturated heterocycles. The van der Waals surface area contributed by atoms with E-state index in [9.17, 15) is 0 Å². The molecule has 0 fully saturated rings. The van der Waals surface area contributed by atoms with Gasteiger partial charge in [0.15, 0.2) is 11.4 Å². The Kier molecular flexibility index (Phi) is 9.68. The molecule has 0 radical (unpaired) electrons. The highest BCUT2D eigenvalue weighted by molar-refractivity contribution is 5.13. The lowest BCUT2D eigenvalue weighted by molar-refractivity contribution is -2.00. The Morgan fingerprint density at radius 1 is 0.905 bits per heavy atom. The van der Waals surface area contributed by atoms with Crippen molar-refractivity contribution >= 4 is 0 Å². The summed E-state index contributed by atoms with van der Waals surface area (Å²) in [6.45, 7) is 8.52. The summed E-state index contributed by atoms with van der Waals surface area (Å²) in [5, 5.41) is 0. The van der Waals surface area contributed by atoms with Crippen LogP contribution in [0, 0.1) is 31.0 Å². The number of unbranched alkanes of at least 4 members (excludes halogenated alkanes) is 3. The van der Waals surface area contributed by atoms with Crippen molar-refractivity contribution < 1.29 is 33.4 Å². The van der Waals surface area contributed by atoms with Crippen LogP contribution >= 0.6 is 0 Å². The van der Waals surface area contributed by atoms with Crippen molar-refractivity contribution in [3.63, 3.8) is 0 Å². The van der Waals surface area contributed by atoms with E-state index in [-0.39, 0.29) is 0 Å². The van der Waals surface area contributed by atoms with Crippen molar-refractivity contribution in [2.45, 2.75) is 53.0 Å². The first-order chi connectivity index (χ1) is 9.65. The van der Waals surface area contributed by atoms with Crippen LogP contribution in [0.5, 0.6) is 0 Å². The zero-order chi connectivity index (χ0) is 16.5. The fourth-order valence-electron chi connectivity index (χ4n) is 2.26. The van der Waals surface area contributed by atoms with Gasteiger partial charge in [0.05, 0.1) is 0 Å². The topological polar surface area (TPSA) is 122 Å². The molecule has 2 N–H and O–H groups in total. The number of rotatable bonds is 6. The quantitative estimate of drug-likeness (QED) is 0.465. The SMILES string of the molecule is Cc1cc(C)[n+](CCCCCCN)c(C)c1.[O-][Cl+3]([O-])([O-])[O-]. The Morgan fingerprint density at radius 3 is 1.76 bits per heavy atom. The van der Waals surface area contributed by atoms with E-state index >= 15 is 0 Å². The van der Waals surface area contributed by atoms with Gasteiger partial charge in [0.2, 0.25) is 0 Å². The minimum atomic E-state index is -4.94. The van der Waals surface area contributed by atoms with Gasteiger partial charge in [0, 0.05) is 32.4 Å². The maximum Gasteiger partial charge on any atom is 0.178 e. The van der Waals surface area contributed by atoms with Crippen LogP contribution < -0.4 is 28.9 Å². The lowest BCUT2D eigenvalue weighted by Crippen LogP contribution is -2.68. The van der Waals surface area contributed by atoms with E-state index in [2.05, 4.69) is 37.5 Å². The van der Waals surface area contributed by atoms with E-state index in [0.29, 0.717) is 0 Å². The highest BCUT2D eigenvalue weighted by atomic mass is 35.7. The summed E-state index contributed by atoms with van der Waals surface area (Å²) in [6, 6.07) is 4.51. The summed E-state index contributed by atoms with van der Waals surface area (Å²) in [6.07, 6.45) is 4.98. The normalized spacial score (nSPS) is 11.0. The second-order valence-corrected chi connectivity index (χ2v) is 5.80. The van der Waals surface area contributed by atoms with Gasteiger partial charge in [0.1, 0.15) is 6.54 Å². The molecule has 1 aromatic heterocycles. The van der Waals surface area contributed by atoms with E-state index in [4.69, 9.17) is 24.4 Å². The molecule has 0 unspecified atom stereocenters. The third-order valence-electron chi connectivity index (χ3n) is 3.06. The predicted octanol–water partition coefficient (Wildman–Crippen LogP) is -2.34. The Bertz CT molecular complexity index is 393. The first-order valence-electron chi connectivity index (χ1n) is 6.94. The van der Waals surface area contributed by atoms with Crippen LogP contribution in [0.1, 0.15) is 42.6 Å². The summed E-state index contributed by atoms with van der Waals surface area (Å²) in [5.74, 6) is 0. The molecule has 7 heteroatoms. The van der Waals surface area contributed by atoms with Crippen LogP contribution in [0.25, 0.3) is 0 Å². The van der Waals surface area contributed by atoms with Gasteiger partial charge in [-0.2, -0.15) is 0 Å². The van der Waals surface area contributed by atoms with Crippen LogP contribution in [0.3, 0.4) is 0 Å². The summed E-state index contributed by atoms with van der Waals surface area (Å²) in [4.78, 5) is 0. The van der Waals surface area contributed by atoms with Gasteiger partial charge in [0.25, 0.3) is 0 Å². The number of aromatic nitrogens is 1. The van der Waals surface area contributed by atoms with Crippen molar-refractivity contribution in [1.82, 2.24) is 0 Å². The number of halogens is 1. The third-order valence-corrected chi connectivity index (χ3v) is 3.06. The van der Waals surface area contributed by atoms with Gasteiger partial charge < -0.3 is 5.73 Å². The summed E-state index contributed by atoms with van der Waals surface area (Å²) < 4.78 is 36.4. The molecule has 1 heterocycles. The molecule has 0 bridgehead atoms. The Balaban J connectivity index is 0.000000690. The van der Waals surface area contributed by atoms with E-state index in [0.717, 1.165) is 19.5 Å². The third kappa shape index (κ3) is 11.6. The van der Waals surface area contributed by atoms with E-state index in [1.165, 1.54) is 36.2 Å².